The first-order chi connectivity index (χ1) is 20.4. The SMILES string of the molecule is COc1ccc(-c2cc3c(s2)B(c2c(C)cc(C)cc2C)c2sc(-c4ccc(OC)cc4)cc2-c2ccccc2-3)cc1. The van der Waals surface area contributed by atoms with E-state index < -0.39 is 0 Å². The van der Waals surface area contributed by atoms with Crippen LogP contribution in [0.1, 0.15) is 16.7 Å². The maximum Gasteiger partial charge on any atom is 0.268 e. The van der Waals surface area contributed by atoms with Crippen molar-refractivity contribution >= 4 is 44.4 Å². The Kier molecular flexibility index (Phi) is 6.80. The highest BCUT2D eigenvalue weighted by Crippen LogP contribution is 2.42. The Morgan fingerprint density at radius 2 is 0.952 bits per heavy atom. The van der Waals surface area contributed by atoms with Crippen molar-refractivity contribution in [2.75, 3.05) is 14.2 Å². The fraction of sp³-hybridized carbons (Fsp3) is 0.135. The van der Waals surface area contributed by atoms with Crippen molar-refractivity contribution in [1.82, 2.24) is 0 Å². The molecule has 0 atom stereocenters. The maximum atomic E-state index is 5.45. The molecule has 0 spiro atoms. The lowest BCUT2D eigenvalue weighted by atomic mass is 9.40. The Balaban J connectivity index is 1.51. The number of hydrogen-bond acceptors (Lipinski definition) is 4. The van der Waals surface area contributed by atoms with Crippen LogP contribution in [0.25, 0.3) is 43.1 Å². The maximum absolute atomic E-state index is 5.45. The quantitative estimate of drug-likeness (QED) is 0.190. The third kappa shape index (κ3) is 4.48. The Hall–Kier alpha value is -4.06. The first kappa shape index (κ1) is 26.8. The molecule has 0 amide bonds. The number of rotatable bonds is 5. The highest BCUT2D eigenvalue weighted by Gasteiger charge is 2.37. The van der Waals surface area contributed by atoms with Crippen LogP contribution < -0.4 is 24.5 Å². The van der Waals surface area contributed by atoms with Crippen molar-refractivity contribution in [3.8, 4) is 54.6 Å². The molecule has 42 heavy (non-hydrogen) atoms. The predicted molar refractivity (Wildman–Crippen MR) is 182 cm³/mol. The molecule has 0 unspecified atom stereocenters. The number of thiophene rings is 2. The molecule has 0 N–H and O–H groups in total. The van der Waals surface area contributed by atoms with Crippen molar-refractivity contribution in [1.29, 1.82) is 0 Å². The largest absolute Gasteiger partial charge is 0.497 e. The molecule has 206 valence electrons. The van der Waals surface area contributed by atoms with Gasteiger partial charge in [0.25, 0.3) is 6.71 Å². The Bertz CT molecular complexity index is 1790. The van der Waals surface area contributed by atoms with E-state index >= 15 is 0 Å². The molecule has 0 bridgehead atoms. The van der Waals surface area contributed by atoms with Crippen LogP contribution >= 0.6 is 22.7 Å². The summed E-state index contributed by atoms with van der Waals surface area (Å²) in [6.07, 6.45) is 0. The van der Waals surface area contributed by atoms with E-state index in [0.29, 0.717) is 0 Å². The lowest BCUT2D eigenvalue weighted by molar-refractivity contribution is 0.415. The number of ether oxygens (including phenoxy) is 2. The molecule has 2 aromatic heterocycles. The molecule has 1 aliphatic heterocycles. The average molecular weight is 583 g/mol. The zero-order valence-electron chi connectivity index (χ0n) is 24.4. The van der Waals surface area contributed by atoms with Crippen LogP contribution in [0, 0.1) is 20.8 Å². The fourth-order valence-electron chi connectivity index (χ4n) is 6.44. The number of benzene rings is 4. The predicted octanol–water partition coefficient (Wildman–Crippen LogP) is 8.25. The molecule has 0 saturated heterocycles. The van der Waals surface area contributed by atoms with Gasteiger partial charge in [-0.15, -0.1) is 22.7 Å². The number of aryl methyl sites for hydroxylation is 3. The molecule has 0 saturated carbocycles. The first-order valence-corrected chi connectivity index (χ1v) is 15.8. The molecule has 6 aromatic rings. The van der Waals surface area contributed by atoms with E-state index in [1.54, 1.807) is 14.2 Å². The molecule has 1 aliphatic rings. The van der Waals surface area contributed by atoms with Crippen LogP contribution in [0.4, 0.5) is 0 Å². The van der Waals surface area contributed by atoms with Crippen LogP contribution in [0.5, 0.6) is 11.5 Å². The third-order valence-electron chi connectivity index (χ3n) is 8.33. The van der Waals surface area contributed by atoms with Crippen molar-refractivity contribution in [3.05, 3.63) is 114 Å². The molecule has 0 fully saturated rings. The van der Waals surface area contributed by atoms with Gasteiger partial charge >= 0.3 is 0 Å². The molecule has 3 heterocycles. The summed E-state index contributed by atoms with van der Waals surface area (Å²) in [6, 6.07) is 35.3. The minimum atomic E-state index is 0.136. The van der Waals surface area contributed by atoms with Gasteiger partial charge in [0.15, 0.2) is 0 Å². The van der Waals surface area contributed by atoms with Gasteiger partial charge in [0.05, 0.1) is 14.2 Å². The second-order valence-electron chi connectivity index (χ2n) is 11.0. The van der Waals surface area contributed by atoms with Crippen LogP contribution in [-0.2, 0) is 0 Å². The van der Waals surface area contributed by atoms with Crippen molar-refractivity contribution in [3.63, 3.8) is 0 Å². The van der Waals surface area contributed by atoms with Gasteiger partial charge in [0, 0.05) is 9.75 Å². The van der Waals surface area contributed by atoms with E-state index in [2.05, 4.69) is 118 Å². The number of fused-ring (bicyclic) bond motifs is 5. The normalized spacial score (nSPS) is 11.9. The highest BCUT2D eigenvalue weighted by atomic mass is 32.1. The summed E-state index contributed by atoms with van der Waals surface area (Å²) in [5.74, 6) is 1.75. The molecule has 2 nitrogen and oxygen atoms in total. The molecular formula is C37H31BO2S2. The molecular weight excluding hydrogens is 551 g/mol. The molecule has 0 radical (unpaired) electrons. The van der Waals surface area contributed by atoms with Gasteiger partial charge < -0.3 is 9.47 Å². The molecule has 7 rings (SSSR count). The van der Waals surface area contributed by atoms with E-state index in [-0.39, 0.29) is 6.71 Å². The monoisotopic (exact) mass is 582 g/mol. The van der Waals surface area contributed by atoms with E-state index in [1.165, 1.54) is 74.8 Å². The van der Waals surface area contributed by atoms with Gasteiger partial charge in [-0.1, -0.05) is 58.6 Å². The highest BCUT2D eigenvalue weighted by molar-refractivity contribution is 7.37. The smallest absolute Gasteiger partial charge is 0.268 e. The lowest BCUT2D eigenvalue weighted by Gasteiger charge is -2.19. The van der Waals surface area contributed by atoms with Gasteiger partial charge in [-0.25, -0.2) is 0 Å². The van der Waals surface area contributed by atoms with E-state index in [1.807, 2.05) is 22.7 Å². The van der Waals surface area contributed by atoms with Crippen LogP contribution in [0.3, 0.4) is 0 Å². The Morgan fingerprint density at radius 1 is 0.524 bits per heavy atom. The Labute approximate surface area is 256 Å². The summed E-state index contributed by atoms with van der Waals surface area (Å²) in [5.41, 5.74) is 13.1. The lowest BCUT2D eigenvalue weighted by Crippen LogP contribution is -2.52. The summed E-state index contributed by atoms with van der Waals surface area (Å²) in [5, 5.41) is 0. The molecule has 0 aliphatic carbocycles. The van der Waals surface area contributed by atoms with Crippen molar-refractivity contribution in [2.45, 2.75) is 20.8 Å². The summed E-state index contributed by atoms with van der Waals surface area (Å²) in [4.78, 5) is 2.56. The number of hydrogen-bond donors (Lipinski definition) is 0. The average Bonchev–Trinajstić information content (AvgIpc) is 3.63. The second kappa shape index (κ2) is 10.7. The van der Waals surface area contributed by atoms with Gasteiger partial charge in [0.1, 0.15) is 11.5 Å². The topological polar surface area (TPSA) is 18.5 Å². The summed E-state index contributed by atoms with van der Waals surface area (Å²) < 4.78 is 13.7. The standard InChI is InChI=1S/C37H31BO2S2/c1-22-18-23(2)35(24(3)19-22)38-36-31(20-33(41-36)25-10-14-27(39-4)15-11-25)29-8-6-7-9-30(29)32-21-34(42-37(32)38)26-12-16-28(40-5)17-13-26/h6-21H,1-5H3. The van der Waals surface area contributed by atoms with E-state index in [0.717, 1.165) is 11.5 Å². The zero-order chi connectivity index (χ0) is 29.0. The molecule has 4 aromatic carbocycles. The summed E-state index contributed by atoms with van der Waals surface area (Å²) >= 11 is 3.85. The third-order valence-corrected chi connectivity index (χ3v) is 10.8. The van der Waals surface area contributed by atoms with Gasteiger partial charge in [-0.05, 0) is 124 Å². The van der Waals surface area contributed by atoms with Gasteiger partial charge in [-0.2, -0.15) is 0 Å². The second-order valence-corrected chi connectivity index (χ2v) is 13.2. The van der Waals surface area contributed by atoms with Gasteiger partial charge in [0.2, 0.25) is 0 Å². The van der Waals surface area contributed by atoms with Crippen LogP contribution in [0.15, 0.2) is 97.1 Å². The van der Waals surface area contributed by atoms with Crippen molar-refractivity contribution < 1.29 is 9.47 Å². The van der Waals surface area contributed by atoms with E-state index in [4.69, 9.17) is 9.47 Å². The number of methoxy groups -OCH3 is 2. The Morgan fingerprint density at radius 3 is 1.36 bits per heavy atom. The van der Waals surface area contributed by atoms with E-state index in [9.17, 15) is 0 Å². The van der Waals surface area contributed by atoms with Crippen LogP contribution in [0.2, 0.25) is 0 Å². The van der Waals surface area contributed by atoms with Gasteiger partial charge in [-0.3, -0.25) is 0 Å². The summed E-state index contributed by atoms with van der Waals surface area (Å²) in [7, 11) is 3.43. The summed E-state index contributed by atoms with van der Waals surface area (Å²) in [6.45, 7) is 6.89. The van der Waals surface area contributed by atoms with Crippen molar-refractivity contribution in [2.24, 2.45) is 0 Å². The zero-order valence-corrected chi connectivity index (χ0v) is 26.1. The fourth-order valence-corrected chi connectivity index (χ4v) is 9.11. The molecule has 5 heteroatoms. The minimum Gasteiger partial charge on any atom is -0.497 e. The first-order valence-electron chi connectivity index (χ1n) is 14.2. The minimum absolute atomic E-state index is 0.136. The van der Waals surface area contributed by atoms with Crippen LogP contribution in [-0.4, -0.2) is 20.9 Å².